The van der Waals surface area contributed by atoms with Crippen molar-refractivity contribution in [2.45, 2.75) is 18.4 Å². The van der Waals surface area contributed by atoms with Crippen LogP contribution in [0.5, 0.6) is 0 Å². The van der Waals surface area contributed by atoms with E-state index in [1.807, 2.05) is 0 Å². The lowest BCUT2D eigenvalue weighted by molar-refractivity contribution is -0.143. The molecule has 0 bridgehead atoms. The smallest absolute Gasteiger partial charge is 0.416 e. The second-order valence-corrected chi connectivity index (χ2v) is 7.84. The van der Waals surface area contributed by atoms with Crippen LogP contribution in [0.25, 0.3) is 17.6 Å². The van der Waals surface area contributed by atoms with E-state index < -0.39 is 58.2 Å². The average molecular weight is 475 g/mol. The van der Waals surface area contributed by atoms with Crippen molar-refractivity contribution in [1.82, 2.24) is 25.0 Å². The molecule has 1 atom stereocenters. The van der Waals surface area contributed by atoms with Crippen LogP contribution < -0.4 is 5.32 Å². The first kappa shape index (κ1) is 22.8. The number of carboxylic acid groups (broad SMARTS) is 1. The zero-order valence-corrected chi connectivity index (χ0v) is 16.5. The molecule has 1 spiro atoms. The summed E-state index contributed by atoms with van der Waals surface area (Å²) in [5.41, 5.74) is -4.01. The topological polar surface area (TPSA) is 100 Å². The van der Waals surface area contributed by atoms with Crippen molar-refractivity contribution in [2.75, 3.05) is 19.6 Å². The lowest BCUT2D eigenvalue weighted by Crippen LogP contribution is -2.79. The molecule has 0 radical (unpaired) electrons. The van der Waals surface area contributed by atoms with Crippen LogP contribution in [0.3, 0.4) is 0 Å². The van der Waals surface area contributed by atoms with Crippen molar-refractivity contribution >= 4 is 18.1 Å². The summed E-state index contributed by atoms with van der Waals surface area (Å²) in [6.07, 6.45) is -8.12. The van der Waals surface area contributed by atoms with Crippen LogP contribution in [0.15, 0.2) is 30.6 Å². The summed E-state index contributed by atoms with van der Waals surface area (Å²) in [6, 6.07) is 0.0945. The lowest BCUT2D eigenvalue weighted by Gasteiger charge is -2.60. The fourth-order valence-electron chi connectivity index (χ4n) is 3.92. The number of carbonyl (C=O) groups is 2. The van der Waals surface area contributed by atoms with Gasteiger partial charge in [-0.15, -0.1) is 5.10 Å². The zero-order valence-electron chi connectivity index (χ0n) is 16.5. The average Bonchev–Trinajstić information content (AvgIpc) is 3.11. The predicted molar refractivity (Wildman–Crippen MR) is 99.6 cm³/mol. The van der Waals surface area contributed by atoms with Crippen molar-refractivity contribution in [3.05, 3.63) is 41.7 Å². The van der Waals surface area contributed by atoms with Gasteiger partial charge in [-0.1, -0.05) is 0 Å². The Morgan fingerprint density at radius 3 is 2.18 bits per heavy atom. The van der Waals surface area contributed by atoms with Gasteiger partial charge < -0.3 is 10.4 Å². The standard InChI is InChI=1S/C19H15F6N5O3/c20-18(21,22)11-3-10(4-12(5-11)19(23,24)25)15-27-9-29(28-15)2-1-13(31)14-17(6-26-7-17)8-30(14)16(32)33/h1-5,9,14,26H,6-8H2,(H,32,33). The summed E-state index contributed by atoms with van der Waals surface area (Å²) in [5, 5.41) is 16.0. The van der Waals surface area contributed by atoms with Crippen LogP contribution in [0.1, 0.15) is 11.1 Å². The van der Waals surface area contributed by atoms with Crippen LogP contribution in [-0.2, 0) is 17.1 Å². The molecule has 2 N–H and O–H groups in total. The summed E-state index contributed by atoms with van der Waals surface area (Å²) in [4.78, 5) is 28.6. The summed E-state index contributed by atoms with van der Waals surface area (Å²) in [6.45, 7) is 1.17. The number of rotatable bonds is 4. The molecule has 0 aliphatic carbocycles. The number of hydrogen-bond donors (Lipinski definition) is 2. The predicted octanol–water partition coefficient (Wildman–Crippen LogP) is 2.97. The second kappa shape index (κ2) is 7.57. The van der Waals surface area contributed by atoms with E-state index in [9.17, 15) is 41.0 Å². The van der Waals surface area contributed by atoms with E-state index in [0.717, 1.165) is 28.2 Å². The third kappa shape index (κ3) is 4.17. The summed E-state index contributed by atoms with van der Waals surface area (Å²) in [5.74, 6) is -0.945. The van der Waals surface area contributed by atoms with Crippen molar-refractivity contribution < 1.29 is 41.0 Å². The number of carbonyl (C=O) groups excluding carboxylic acids is 1. The minimum Gasteiger partial charge on any atom is -0.465 e. The van der Waals surface area contributed by atoms with Gasteiger partial charge in [0.2, 0.25) is 0 Å². The van der Waals surface area contributed by atoms with Crippen LogP contribution in [0.2, 0.25) is 0 Å². The maximum Gasteiger partial charge on any atom is 0.416 e. The number of nitrogens with one attached hydrogen (secondary N) is 1. The van der Waals surface area contributed by atoms with Gasteiger partial charge in [0, 0.05) is 42.9 Å². The Morgan fingerprint density at radius 1 is 1.09 bits per heavy atom. The molecule has 3 heterocycles. The third-order valence-electron chi connectivity index (χ3n) is 5.59. The molecule has 1 aromatic heterocycles. The molecule has 14 heteroatoms. The van der Waals surface area contributed by atoms with E-state index in [0.29, 0.717) is 25.2 Å². The molecule has 1 amide bonds. The Bertz CT molecular complexity index is 1100. The molecule has 33 heavy (non-hydrogen) atoms. The molecule has 1 aromatic carbocycles. The molecule has 2 aromatic rings. The number of benzene rings is 1. The van der Waals surface area contributed by atoms with Crippen molar-refractivity contribution in [3.8, 4) is 11.4 Å². The van der Waals surface area contributed by atoms with Gasteiger partial charge in [-0.05, 0) is 18.2 Å². The molecule has 2 aliphatic heterocycles. The van der Waals surface area contributed by atoms with E-state index in [-0.39, 0.29) is 12.6 Å². The third-order valence-corrected chi connectivity index (χ3v) is 5.59. The fourth-order valence-corrected chi connectivity index (χ4v) is 3.92. The monoisotopic (exact) mass is 475 g/mol. The molecule has 2 aliphatic rings. The van der Waals surface area contributed by atoms with Gasteiger partial charge in [0.25, 0.3) is 0 Å². The minimum absolute atomic E-state index is 0.00295. The quantitative estimate of drug-likeness (QED) is 0.521. The van der Waals surface area contributed by atoms with E-state index in [1.165, 1.54) is 0 Å². The minimum atomic E-state index is -5.02. The molecular weight excluding hydrogens is 460 g/mol. The van der Waals surface area contributed by atoms with Crippen LogP contribution in [0, 0.1) is 5.41 Å². The maximum absolute atomic E-state index is 13.1. The summed E-state index contributed by atoms with van der Waals surface area (Å²) >= 11 is 0. The number of alkyl halides is 6. The number of halogens is 6. The molecule has 176 valence electrons. The van der Waals surface area contributed by atoms with Gasteiger partial charge in [0.15, 0.2) is 11.6 Å². The Morgan fingerprint density at radius 2 is 1.70 bits per heavy atom. The number of nitrogens with zero attached hydrogens (tertiary/aromatic N) is 4. The Hall–Kier alpha value is -3.42. The number of hydrogen-bond acceptors (Lipinski definition) is 5. The highest BCUT2D eigenvalue weighted by molar-refractivity contribution is 6.00. The summed E-state index contributed by atoms with van der Waals surface area (Å²) in [7, 11) is 0. The van der Waals surface area contributed by atoms with Gasteiger partial charge in [0.1, 0.15) is 12.4 Å². The molecule has 2 saturated heterocycles. The number of aromatic nitrogens is 3. The zero-order chi connectivity index (χ0) is 24.2. The van der Waals surface area contributed by atoms with E-state index in [2.05, 4.69) is 15.4 Å². The van der Waals surface area contributed by atoms with Crippen LogP contribution in [0.4, 0.5) is 31.1 Å². The first-order valence-corrected chi connectivity index (χ1v) is 9.43. The van der Waals surface area contributed by atoms with Crippen molar-refractivity contribution in [1.29, 1.82) is 0 Å². The molecule has 2 fully saturated rings. The Labute approximate surface area is 181 Å². The second-order valence-electron chi connectivity index (χ2n) is 7.84. The van der Waals surface area contributed by atoms with Gasteiger partial charge >= 0.3 is 18.4 Å². The van der Waals surface area contributed by atoms with E-state index in [1.54, 1.807) is 0 Å². The molecule has 0 saturated carbocycles. The molecule has 1 unspecified atom stereocenters. The normalized spacial score (nSPS) is 20.1. The van der Waals surface area contributed by atoms with Gasteiger partial charge in [-0.25, -0.2) is 14.5 Å². The number of likely N-dealkylation sites (tertiary alicyclic amines) is 1. The fraction of sp³-hybridized carbons (Fsp3) is 0.368. The van der Waals surface area contributed by atoms with Gasteiger partial charge in [-0.3, -0.25) is 9.69 Å². The highest BCUT2D eigenvalue weighted by atomic mass is 19.4. The highest BCUT2D eigenvalue weighted by Crippen LogP contribution is 2.42. The molecular formula is C19H15F6N5O3. The van der Waals surface area contributed by atoms with Crippen molar-refractivity contribution in [3.63, 3.8) is 0 Å². The lowest BCUT2D eigenvalue weighted by atomic mass is 9.65. The number of ketones is 1. The number of amides is 1. The molecule has 4 rings (SSSR count). The van der Waals surface area contributed by atoms with Crippen molar-refractivity contribution in [2.24, 2.45) is 5.41 Å². The van der Waals surface area contributed by atoms with Crippen LogP contribution >= 0.6 is 0 Å². The Balaban J connectivity index is 1.58. The Kier molecular flexibility index (Phi) is 5.22. The van der Waals surface area contributed by atoms with Gasteiger partial charge in [-0.2, -0.15) is 26.3 Å². The summed E-state index contributed by atoms with van der Waals surface area (Å²) < 4.78 is 79.3. The first-order valence-electron chi connectivity index (χ1n) is 9.43. The largest absolute Gasteiger partial charge is 0.465 e. The van der Waals surface area contributed by atoms with Crippen LogP contribution in [-0.4, -0.2) is 62.3 Å². The highest BCUT2D eigenvalue weighted by Gasteiger charge is 2.60. The SMILES string of the molecule is O=C(C=Cn1cnc(-c2cc(C(F)(F)F)cc(C(F)(F)F)c2)n1)C1N(C(=O)O)CC12CNC2. The first-order chi connectivity index (χ1) is 15.3. The van der Waals surface area contributed by atoms with Gasteiger partial charge in [0.05, 0.1) is 11.1 Å². The maximum atomic E-state index is 13.1. The van der Waals surface area contributed by atoms with E-state index >= 15 is 0 Å². The molecule has 8 nitrogen and oxygen atoms in total. The van der Waals surface area contributed by atoms with E-state index in [4.69, 9.17) is 0 Å².